The van der Waals surface area contributed by atoms with Gasteiger partial charge in [0.25, 0.3) is 0 Å². The van der Waals surface area contributed by atoms with Crippen molar-refractivity contribution in [1.82, 2.24) is 0 Å². The van der Waals surface area contributed by atoms with Crippen molar-refractivity contribution in [2.45, 2.75) is 0 Å². The van der Waals surface area contributed by atoms with Gasteiger partial charge in [-0.1, -0.05) is 54.6 Å². The molecular formula is C18H12O. The summed E-state index contributed by atoms with van der Waals surface area (Å²) in [6, 6.07) is 29.9. The molecule has 1 heteroatoms. The number of para-hydroxylation sites is 1. The maximum atomic E-state index is 5.68. The van der Waals surface area contributed by atoms with Crippen LogP contribution in [-0.4, -0.2) is 0 Å². The molecule has 0 aromatic heterocycles. The van der Waals surface area contributed by atoms with E-state index >= 15 is 0 Å². The Kier molecular flexibility index (Phi) is 3.28. The zero-order valence-corrected chi connectivity index (χ0v) is 10.3. The van der Waals surface area contributed by atoms with E-state index in [2.05, 4.69) is 24.3 Å². The molecule has 0 spiro atoms. The van der Waals surface area contributed by atoms with Crippen LogP contribution in [0.15, 0.2) is 72.8 Å². The van der Waals surface area contributed by atoms with E-state index in [0.29, 0.717) is 5.75 Å². The third-order valence-corrected chi connectivity index (χ3v) is 2.78. The van der Waals surface area contributed by atoms with Gasteiger partial charge in [0.05, 0.1) is 0 Å². The summed E-state index contributed by atoms with van der Waals surface area (Å²) in [6.45, 7) is 0. The minimum atomic E-state index is 0.672. The van der Waals surface area contributed by atoms with Crippen molar-refractivity contribution in [2.75, 3.05) is 0 Å². The third kappa shape index (κ3) is 2.83. The first-order chi connectivity index (χ1) is 9.42. The van der Waals surface area contributed by atoms with E-state index in [1.54, 1.807) is 0 Å². The Balaban J connectivity index is 1.80. The maximum Gasteiger partial charge on any atom is 0.136 e. The van der Waals surface area contributed by atoms with E-state index in [9.17, 15) is 0 Å². The molecule has 90 valence electrons. The topological polar surface area (TPSA) is 9.23 Å². The number of rotatable bonds is 3. The summed E-state index contributed by atoms with van der Waals surface area (Å²) in [5.41, 5.74) is 2.14. The molecule has 0 bridgehead atoms. The molecule has 0 aliphatic rings. The van der Waals surface area contributed by atoms with E-state index in [4.69, 9.17) is 4.74 Å². The van der Waals surface area contributed by atoms with Crippen molar-refractivity contribution in [2.24, 2.45) is 0 Å². The highest BCUT2D eigenvalue weighted by atomic mass is 16.5. The maximum absolute atomic E-state index is 5.68. The van der Waals surface area contributed by atoms with Crippen molar-refractivity contribution in [3.05, 3.63) is 84.9 Å². The van der Waals surface area contributed by atoms with Crippen LogP contribution in [0.4, 0.5) is 0 Å². The van der Waals surface area contributed by atoms with Gasteiger partial charge < -0.3 is 4.74 Å². The normalized spacial score (nSPS) is 10.1. The third-order valence-electron chi connectivity index (χ3n) is 2.78. The average Bonchev–Trinajstić information content (AvgIpc) is 2.50. The minimum absolute atomic E-state index is 0.672. The van der Waals surface area contributed by atoms with Crippen molar-refractivity contribution >= 4 is 0 Å². The molecule has 0 saturated heterocycles. The Labute approximate surface area is 113 Å². The molecule has 3 aromatic carbocycles. The van der Waals surface area contributed by atoms with Gasteiger partial charge in [-0.3, -0.25) is 0 Å². The molecule has 0 N–H and O–H groups in total. The second-order valence-electron chi connectivity index (χ2n) is 4.14. The van der Waals surface area contributed by atoms with E-state index in [1.807, 2.05) is 60.7 Å². The Bertz CT molecular complexity index is 628. The Morgan fingerprint density at radius 1 is 0.632 bits per heavy atom. The highest BCUT2D eigenvalue weighted by molar-refractivity contribution is 5.63. The monoisotopic (exact) mass is 244 g/mol. The quantitative estimate of drug-likeness (QED) is 0.646. The number of ether oxygens (including phenoxy) is 1. The lowest BCUT2D eigenvalue weighted by Gasteiger charge is -2.06. The van der Waals surface area contributed by atoms with Crippen LogP contribution in [0.5, 0.6) is 11.5 Å². The standard InChI is InChI=1S/C18H12O/c1-3-7-15(8-4-1)16-11-13-18(14-12-16)19-17-9-5-2-6-10-17/h1-11,13H. The summed E-state index contributed by atoms with van der Waals surface area (Å²) in [6.07, 6.45) is 0. The average molecular weight is 244 g/mol. The molecule has 0 amide bonds. The van der Waals surface area contributed by atoms with E-state index in [-0.39, 0.29) is 0 Å². The zero-order valence-electron chi connectivity index (χ0n) is 10.3. The van der Waals surface area contributed by atoms with Gasteiger partial charge >= 0.3 is 0 Å². The second-order valence-corrected chi connectivity index (χ2v) is 4.14. The van der Waals surface area contributed by atoms with Gasteiger partial charge in [-0.2, -0.15) is 0 Å². The van der Waals surface area contributed by atoms with Crippen molar-refractivity contribution < 1.29 is 4.74 Å². The van der Waals surface area contributed by atoms with Gasteiger partial charge in [-0.15, -0.1) is 0 Å². The Hall–Kier alpha value is -2.54. The molecule has 0 fully saturated rings. The van der Waals surface area contributed by atoms with Gasteiger partial charge in [-0.25, -0.2) is 0 Å². The van der Waals surface area contributed by atoms with E-state index in [0.717, 1.165) is 16.9 Å². The van der Waals surface area contributed by atoms with E-state index < -0.39 is 0 Å². The van der Waals surface area contributed by atoms with Crippen LogP contribution in [-0.2, 0) is 0 Å². The molecule has 0 aliphatic carbocycles. The smallest absolute Gasteiger partial charge is 0.136 e. The SMILES string of the molecule is [c]1[c]c(-c2ccccc2)ccc1Oc1ccccc1. The largest absolute Gasteiger partial charge is 0.457 e. The molecule has 19 heavy (non-hydrogen) atoms. The lowest BCUT2D eigenvalue weighted by atomic mass is 10.1. The van der Waals surface area contributed by atoms with Gasteiger partial charge in [0.15, 0.2) is 0 Å². The highest BCUT2D eigenvalue weighted by Gasteiger charge is 2.00. The number of hydrogen-bond donors (Lipinski definition) is 0. The fraction of sp³-hybridized carbons (Fsp3) is 0. The zero-order chi connectivity index (χ0) is 12.9. The summed E-state index contributed by atoms with van der Waals surface area (Å²) in [5, 5.41) is 0. The van der Waals surface area contributed by atoms with E-state index in [1.165, 1.54) is 0 Å². The van der Waals surface area contributed by atoms with Crippen LogP contribution in [0, 0.1) is 12.1 Å². The molecule has 0 saturated carbocycles. The lowest BCUT2D eigenvalue weighted by Crippen LogP contribution is -1.84. The molecule has 3 rings (SSSR count). The predicted octanol–water partition coefficient (Wildman–Crippen LogP) is 4.75. The van der Waals surface area contributed by atoms with Gasteiger partial charge in [-0.05, 0) is 29.3 Å². The summed E-state index contributed by atoms with van der Waals surface area (Å²) in [7, 11) is 0. The first kappa shape index (κ1) is 11.5. The van der Waals surface area contributed by atoms with Crippen LogP contribution >= 0.6 is 0 Å². The van der Waals surface area contributed by atoms with Gasteiger partial charge in [0, 0.05) is 12.1 Å². The summed E-state index contributed by atoms with van der Waals surface area (Å²) in [4.78, 5) is 0. The Morgan fingerprint density at radius 3 is 1.95 bits per heavy atom. The summed E-state index contributed by atoms with van der Waals surface area (Å²) in [5.74, 6) is 1.48. The number of hydrogen-bond acceptors (Lipinski definition) is 1. The molecule has 1 nitrogen and oxygen atoms in total. The molecule has 0 aliphatic heterocycles. The summed E-state index contributed by atoms with van der Waals surface area (Å²) < 4.78 is 5.68. The minimum Gasteiger partial charge on any atom is -0.457 e. The fourth-order valence-corrected chi connectivity index (χ4v) is 1.83. The second kappa shape index (κ2) is 5.40. The van der Waals surface area contributed by atoms with Crippen molar-refractivity contribution in [1.29, 1.82) is 0 Å². The molecule has 0 atom stereocenters. The first-order valence-electron chi connectivity index (χ1n) is 6.14. The molecule has 3 aromatic rings. The van der Waals surface area contributed by atoms with Gasteiger partial charge in [0.2, 0.25) is 0 Å². The lowest BCUT2D eigenvalue weighted by molar-refractivity contribution is 0.481. The fourth-order valence-electron chi connectivity index (χ4n) is 1.83. The van der Waals surface area contributed by atoms with Crippen LogP contribution < -0.4 is 4.74 Å². The van der Waals surface area contributed by atoms with Gasteiger partial charge in [0.1, 0.15) is 11.5 Å². The molecular weight excluding hydrogens is 232 g/mol. The van der Waals surface area contributed by atoms with Crippen LogP contribution in [0.25, 0.3) is 11.1 Å². The summed E-state index contributed by atoms with van der Waals surface area (Å²) >= 11 is 0. The molecule has 0 unspecified atom stereocenters. The molecule has 0 heterocycles. The Morgan fingerprint density at radius 2 is 1.32 bits per heavy atom. The first-order valence-corrected chi connectivity index (χ1v) is 6.14. The van der Waals surface area contributed by atoms with Crippen LogP contribution in [0.2, 0.25) is 0 Å². The van der Waals surface area contributed by atoms with Crippen molar-refractivity contribution in [3.8, 4) is 22.6 Å². The van der Waals surface area contributed by atoms with Crippen molar-refractivity contribution in [3.63, 3.8) is 0 Å². The van der Waals surface area contributed by atoms with Crippen LogP contribution in [0.1, 0.15) is 0 Å². The predicted molar refractivity (Wildman–Crippen MR) is 76.1 cm³/mol. The highest BCUT2D eigenvalue weighted by Crippen LogP contribution is 2.24. The number of benzene rings is 3. The molecule has 2 radical (unpaired) electrons. The van der Waals surface area contributed by atoms with Crippen LogP contribution in [0.3, 0.4) is 0 Å².